The molecule has 1 aliphatic rings. The fourth-order valence-corrected chi connectivity index (χ4v) is 2.80. The van der Waals surface area contributed by atoms with Gasteiger partial charge in [0.1, 0.15) is 19.0 Å². The van der Waals surface area contributed by atoms with Crippen LogP contribution in [0.4, 0.5) is 0 Å². The highest BCUT2D eigenvalue weighted by Gasteiger charge is 2.16. The first-order valence-corrected chi connectivity index (χ1v) is 8.90. The topological polar surface area (TPSA) is 56.8 Å². The van der Waals surface area contributed by atoms with Crippen LogP contribution in [-0.4, -0.2) is 25.7 Å². The molecule has 0 saturated carbocycles. The second-order valence-electron chi connectivity index (χ2n) is 5.89. The minimum absolute atomic E-state index is 0.0318. The Bertz CT molecular complexity index is 778. The van der Waals surface area contributed by atoms with E-state index in [2.05, 4.69) is 21.2 Å². The molecule has 2 aromatic carbocycles. The van der Waals surface area contributed by atoms with Gasteiger partial charge in [-0.2, -0.15) is 0 Å². The smallest absolute Gasteiger partial charge is 0.258 e. The summed E-state index contributed by atoms with van der Waals surface area (Å²) in [7, 11) is 0. The van der Waals surface area contributed by atoms with E-state index in [0.717, 1.165) is 21.3 Å². The Balaban J connectivity index is 1.56. The summed E-state index contributed by atoms with van der Waals surface area (Å²) >= 11 is 3.44. The maximum atomic E-state index is 12.1. The highest BCUT2D eigenvalue weighted by Crippen LogP contribution is 2.32. The zero-order valence-corrected chi connectivity index (χ0v) is 15.8. The van der Waals surface area contributed by atoms with Crippen molar-refractivity contribution in [1.82, 2.24) is 5.32 Å². The number of hydrogen-bond donors (Lipinski definition) is 1. The summed E-state index contributed by atoms with van der Waals surface area (Å²) in [6, 6.07) is 11.2. The average Bonchev–Trinajstić information content (AvgIpc) is 2.62. The molecule has 0 bridgehead atoms. The lowest BCUT2D eigenvalue weighted by Gasteiger charge is -2.21. The molecule has 132 valence electrons. The first kappa shape index (κ1) is 17.6. The van der Waals surface area contributed by atoms with Crippen LogP contribution in [0.15, 0.2) is 40.9 Å². The molecule has 0 aromatic heterocycles. The van der Waals surface area contributed by atoms with E-state index in [1.165, 1.54) is 0 Å². The van der Waals surface area contributed by atoms with E-state index >= 15 is 0 Å². The molecule has 2 aromatic rings. The number of nitrogens with one attached hydrogen (secondary N) is 1. The summed E-state index contributed by atoms with van der Waals surface area (Å²) in [6.45, 7) is 4.97. The molecule has 0 saturated heterocycles. The third-order valence-electron chi connectivity index (χ3n) is 3.94. The van der Waals surface area contributed by atoms with Gasteiger partial charge >= 0.3 is 0 Å². The molecule has 0 spiro atoms. The number of amides is 1. The number of hydrogen-bond acceptors (Lipinski definition) is 4. The second-order valence-corrected chi connectivity index (χ2v) is 6.75. The molecule has 1 amide bonds. The first-order valence-electron chi connectivity index (χ1n) is 8.11. The molecular formula is C19H20BrNO4. The monoisotopic (exact) mass is 405 g/mol. The van der Waals surface area contributed by atoms with Crippen molar-refractivity contribution < 1.29 is 19.0 Å². The van der Waals surface area contributed by atoms with Gasteiger partial charge in [-0.3, -0.25) is 4.79 Å². The fourth-order valence-electron chi connectivity index (χ4n) is 2.55. The Hall–Kier alpha value is -2.21. The number of carbonyl (C=O) groups excluding carboxylic acids is 1. The van der Waals surface area contributed by atoms with Crippen LogP contribution in [0.2, 0.25) is 0 Å². The molecule has 0 aliphatic carbocycles. The first-order chi connectivity index (χ1) is 12.0. The lowest BCUT2D eigenvalue weighted by atomic mass is 10.1. The Kier molecular flexibility index (Phi) is 5.48. The van der Waals surface area contributed by atoms with Gasteiger partial charge in [0, 0.05) is 4.47 Å². The Morgan fingerprint density at radius 1 is 1.20 bits per heavy atom. The van der Waals surface area contributed by atoms with Crippen molar-refractivity contribution >= 4 is 21.8 Å². The number of rotatable bonds is 5. The van der Waals surface area contributed by atoms with Gasteiger partial charge in [0.15, 0.2) is 18.1 Å². The van der Waals surface area contributed by atoms with Crippen LogP contribution in [0.3, 0.4) is 0 Å². The SMILES string of the molecule is Cc1cc(OCC(=O)N[C@@H](C)c2ccc3c(c2)OCCO3)ccc1Br. The summed E-state index contributed by atoms with van der Waals surface area (Å²) in [5.74, 6) is 1.94. The molecule has 1 heterocycles. The second kappa shape index (κ2) is 7.78. The number of carbonyl (C=O) groups is 1. The quantitative estimate of drug-likeness (QED) is 0.821. The maximum absolute atomic E-state index is 12.1. The third-order valence-corrected chi connectivity index (χ3v) is 4.83. The summed E-state index contributed by atoms with van der Waals surface area (Å²) in [4.78, 5) is 12.1. The van der Waals surface area contributed by atoms with Crippen LogP contribution in [0, 0.1) is 6.92 Å². The minimum atomic E-state index is -0.178. The average molecular weight is 406 g/mol. The van der Waals surface area contributed by atoms with E-state index in [1.54, 1.807) is 0 Å². The Labute approximate surface area is 155 Å². The Morgan fingerprint density at radius 2 is 1.96 bits per heavy atom. The van der Waals surface area contributed by atoms with Crippen LogP contribution in [0.5, 0.6) is 17.2 Å². The molecule has 3 rings (SSSR count). The summed E-state index contributed by atoms with van der Waals surface area (Å²) in [5.41, 5.74) is 2.01. The number of benzene rings is 2. The van der Waals surface area contributed by atoms with E-state index in [0.29, 0.717) is 24.7 Å². The molecule has 0 fully saturated rings. The van der Waals surface area contributed by atoms with E-state index in [-0.39, 0.29) is 18.6 Å². The maximum Gasteiger partial charge on any atom is 0.258 e. The van der Waals surface area contributed by atoms with Crippen molar-refractivity contribution in [2.45, 2.75) is 19.9 Å². The normalized spacial score (nSPS) is 13.9. The minimum Gasteiger partial charge on any atom is -0.486 e. The summed E-state index contributed by atoms with van der Waals surface area (Å²) < 4.78 is 17.7. The van der Waals surface area contributed by atoms with Gasteiger partial charge in [-0.05, 0) is 55.3 Å². The van der Waals surface area contributed by atoms with Crippen molar-refractivity contribution in [3.8, 4) is 17.2 Å². The highest BCUT2D eigenvalue weighted by atomic mass is 79.9. The van der Waals surface area contributed by atoms with Gasteiger partial charge in [-0.1, -0.05) is 22.0 Å². The van der Waals surface area contributed by atoms with Crippen LogP contribution < -0.4 is 19.5 Å². The van der Waals surface area contributed by atoms with Gasteiger partial charge in [-0.15, -0.1) is 0 Å². The predicted molar refractivity (Wildman–Crippen MR) is 98.4 cm³/mol. The molecule has 1 aliphatic heterocycles. The van der Waals surface area contributed by atoms with Crippen molar-refractivity contribution in [3.63, 3.8) is 0 Å². The molecule has 5 nitrogen and oxygen atoms in total. The molecule has 0 unspecified atom stereocenters. The summed E-state index contributed by atoms with van der Waals surface area (Å²) in [5, 5.41) is 2.93. The van der Waals surface area contributed by atoms with Crippen molar-refractivity contribution in [2.24, 2.45) is 0 Å². The van der Waals surface area contributed by atoms with Crippen LogP contribution in [0.25, 0.3) is 0 Å². The van der Waals surface area contributed by atoms with Gasteiger partial charge in [0.05, 0.1) is 6.04 Å². The zero-order chi connectivity index (χ0) is 17.8. The van der Waals surface area contributed by atoms with E-state index in [1.807, 2.05) is 50.2 Å². The predicted octanol–water partition coefficient (Wildman–Crippen LogP) is 3.78. The highest BCUT2D eigenvalue weighted by molar-refractivity contribution is 9.10. The molecule has 25 heavy (non-hydrogen) atoms. The van der Waals surface area contributed by atoms with Gasteiger partial charge in [-0.25, -0.2) is 0 Å². The number of aryl methyl sites for hydroxylation is 1. The Morgan fingerprint density at radius 3 is 2.72 bits per heavy atom. The van der Waals surface area contributed by atoms with Crippen molar-refractivity contribution in [3.05, 3.63) is 52.0 Å². The molecule has 1 atom stereocenters. The van der Waals surface area contributed by atoms with Crippen molar-refractivity contribution in [2.75, 3.05) is 19.8 Å². The third kappa shape index (κ3) is 4.45. The largest absolute Gasteiger partial charge is 0.486 e. The molecule has 0 radical (unpaired) electrons. The molecule has 6 heteroatoms. The van der Waals surface area contributed by atoms with Crippen LogP contribution >= 0.6 is 15.9 Å². The molecule has 1 N–H and O–H groups in total. The fraction of sp³-hybridized carbons (Fsp3) is 0.316. The van der Waals surface area contributed by atoms with Gasteiger partial charge in [0.25, 0.3) is 5.91 Å². The number of fused-ring (bicyclic) bond motifs is 1. The van der Waals surface area contributed by atoms with Gasteiger partial charge < -0.3 is 19.5 Å². The van der Waals surface area contributed by atoms with Crippen LogP contribution in [0.1, 0.15) is 24.1 Å². The molecular weight excluding hydrogens is 386 g/mol. The lowest BCUT2D eigenvalue weighted by Crippen LogP contribution is -2.31. The van der Waals surface area contributed by atoms with Crippen LogP contribution in [-0.2, 0) is 4.79 Å². The lowest BCUT2D eigenvalue weighted by molar-refractivity contribution is -0.123. The summed E-state index contributed by atoms with van der Waals surface area (Å²) in [6.07, 6.45) is 0. The van der Waals surface area contributed by atoms with E-state index in [9.17, 15) is 4.79 Å². The number of ether oxygens (including phenoxy) is 3. The van der Waals surface area contributed by atoms with E-state index in [4.69, 9.17) is 14.2 Å². The number of halogens is 1. The van der Waals surface area contributed by atoms with Gasteiger partial charge in [0.2, 0.25) is 0 Å². The van der Waals surface area contributed by atoms with E-state index < -0.39 is 0 Å². The standard InChI is InChI=1S/C19H20BrNO4/c1-12-9-15(4-5-16(12)20)25-11-19(22)21-13(2)14-3-6-17-18(10-14)24-8-7-23-17/h3-6,9-10,13H,7-8,11H2,1-2H3,(H,21,22)/t13-/m0/s1. The van der Waals surface area contributed by atoms with Crippen molar-refractivity contribution in [1.29, 1.82) is 0 Å². The zero-order valence-electron chi connectivity index (χ0n) is 14.2.